The van der Waals surface area contributed by atoms with E-state index in [0.29, 0.717) is 0 Å². The number of alkyl carbamates (subject to hydrolysis) is 1. The van der Waals surface area contributed by atoms with Gasteiger partial charge in [-0.25, -0.2) is 9.59 Å². The van der Waals surface area contributed by atoms with Crippen molar-refractivity contribution in [3.05, 3.63) is 12.7 Å². The summed E-state index contributed by atoms with van der Waals surface area (Å²) in [6, 6.07) is 0. The van der Waals surface area contributed by atoms with E-state index in [1.165, 1.54) is 0 Å². The van der Waals surface area contributed by atoms with Gasteiger partial charge in [0, 0.05) is 7.50 Å². The first-order chi connectivity index (χ1) is 6.56. The van der Waals surface area contributed by atoms with Crippen LogP contribution in [-0.4, -0.2) is 31.3 Å². The Morgan fingerprint density at radius 3 is 2.71 bits per heavy atom. The summed E-state index contributed by atoms with van der Waals surface area (Å²) in [5.41, 5.74) is 0. The van der Waals surface area contributed by atoms with Gasteiger partial charge in [-0.3, -0.25) is 0 Å². The molecule has 0 aliphatic heterocycles. The number of esters is 1. The van der Waals surface area contributed by atoms with Crippen LogP contribution in [0.15, 0.2) is 12.7 Å². The second-order valence-corrected chi connectivity index (χ2v) is 2.75. The highest BCUT2D eigenvalue weighted by molar-refractivity contribution is 5.81. The van der Waals surface area contributed by atoms with Gasteiger partial charge in [0.15, 0.2) is 0 Å². The fourth-order valence-electron chi connectivity index (χ4n) is 0.619. The van der Waals surface area contributed by atoms with Crippen molar-refractivity contribution in [3.63, 3.8) is 0 Å². The lowest BCUT2D eigenvalue weighted by Gasteiger charge is -2.09. The molecule has 0 heterocycles. The molecule has 0 fully saturated rings. The van der Waals surface area contributed by atoms with Crippen molar-refractivity contribution in [1.82, 2.24) is 5.32 Å². The molecule has 1 amide bonds. The molecule has 0 saturated heterocycles. The van der Waals surface area contributed by atoms with Crippen LogP contribution >= 0.6 is 0 Å². The topological polar surface area (TPSA) is 64.6 Å². The number of hydrogen-bond acceptors (Lipinski definition) is 4. The third kappa shape index (κ3) is 7.15. The van der Waals surface area contributed by atoms with Crippen LogP contribution in [0.3, 0.4) is 0 Å². The predicted molar refractivity (Wildman–Crippen MR) is 52.9 cm³/mol. The summed E-state index contributed by atoms with van der Waals surface area (Å²) in [5.74, 6) is -0.510. The first-order valence-electron chi connectivity index (χ1n) is 4.30. The maximum atomic E-state index is 10.9. The molecule has 0 bridgehead atoms. The first kappa shape index (κ1) is 12.5. The van der Waals surface area contributed by atoms with Gasteiger partial charge in [-0.2, -0.15) is 0 Å². The van der Waals surface area contributed by atoms with E-state index in [9.17, 15) is 9.59 Å². The van der Waals surface area contributed by atoms with E-state index in [-0.39, 0.29) is 20.7 Å². The van der Waals surface area contributed by atoms with Crippen molar-refractivity contribution in [2.75, 3.05) is 13.2 Å². The van der Waals surface area contributed by atoms with Crippen LogP contribution < -0.4 is 5.32 Å². The summed E-state index contributed by atoms with van der Waals surface area (Å²) in [6.45, 7) is 7.06. The molecule has 0 aromatic carbocycles. The summed E-state index contributed by atoms with van der Waals surface area (Å²) in [6.07, 6.45) is 0.382. The van der Waals surface area contributed by atoms with Crippen molar-refractivity contribution >= 4 is 12.1 Å². The lowest BCUT2D eigenvalue weighted by Crippen LogP contribution is -2.30. The highest BCUT2D eigenvalue weighted by Crippen LogP contribution is 1.87. The van der Waals surface area contributed by atoms with Crippen LogP contribution in [0.1, 0.15) is 15.3 Å². The molecule has 5 nitrogen and oxygen atoms in total. The van der Waals surface area contributed by atoms with Gasteiger partial charge in [-0.15, -0.1) is 0 Å². The van der Waals surface area contributed by atoms with E-state index >= 15 is 0 Å². The number of rotatable bonds is 5. The number of carbonyl (C=O) groups is 2. The molecule has 0 saturated carbocycles. The molecule has 0 aromatic rings. The summed E-state index contributed by atoms with van der Waals surface area (Å²) >= 11 is 0. The summed E-state index contributed by atoms with van der Waals surface area (Å²) in [5, 5.41) is 2.42. The van der Waals surface area contributed by atoms with Crippen LogP contribution in [0.25, 0.3) is 0 Å². The Labute approximate surface area is 84.6 Å². The Hall–Kier alpha value is -1.52. The maximum Gasteiger partial charge on any atom is 0.407 e. The largest absolute Gasteiger partial charge is 0.461 e. The molecule has 0 aliphatic rings. The molecule has 0 aromatic heterocycles. The highest BCUT2D eigenvalue weighted by atomic mass is 16.6. The van der Waals surface area contributed by atoms with Crippen LogP contribution in [0.4, 0.5) is 4.79 Å². The van der Waals surface area contributed by atoms with Crippen molar-refractivity contribution < 1.29 is 20.5 Å². The number of carbonyl (C=O) groups excluding carboxylic acids is 2. The predicted octanol–water partition coefficient (Wildman–Crippen LogP) is 1.10. The van der Waals surface area contributed by atoms with E-state index in [0.717, 1.165) is 6.08 Å². The van der Waals surface area contributed by atoms with Gasteiger partial charge in [0.2, 0.25) is 0 Å². The van der Waals surface area contributed by atoms with Gasteiger partial charge in [0.05, 0.1) is 12.6 Å². The smallest absolute Gasteiger partial charge is 0.407 e. The number of amides is 1. The zero-order valence-corrected chi connectivity index (χ0v) is 8.41. The fourth-order valence-corrected chi connectivity index (χ4v) is 0.619. The van der Waals surface area contributed by atoms with Crippen molar-refractivity contribution in [2.45, 2.75) is 20.0 Å². The molecule has 5 heteroatoms. The van der Waals surface area contributed by atoms with Crippen molar-refractivity contribution in [2.24, 2.45) is 0 Å². The minimum absolute atomic E-state index is 0. The quantitative estimate of drug-likeness (QED) is 0.413. The van der Waals surface area contributed by atoms with E-state index in [1.807, 2.05) is 0 Å². The van der Waals surface area contributed by atoms with Gasteiger partial charge in [0.25, 0.3) is 0 Å². The van der Waals surface area contributed by atoms with E-state index in [2.05, 4.69) is 16.6 Å². The second kappa shape index (κ2) is 6.94. The molecular weight excluding hydrogens is 186 g/mol. The van der Waals surface area contributed by atoms with Crippen molar-refractivity contribution in [1.29, 1.82) is 0 Å². The molecule has 0 spiro atoms. The van der Waals surface area contributed by atoms with E-state index in [1.54, 1.807) is 13.8 Å². The summed E-state index contributed by atoms with van der Waals surface area (Å²) < 4.78 is 9.39. The maximum absolute atomic E-state index is 10.9. The minimum atomic E-state index is -0.519. The van der Waals surface area contributed by atoms with E-state index < -0.39 is 12.1 Å². The highest BCUT2D eigenvalue weighted by Gasteiger charge is 2.03. The second-order valence-electron chi connectivity index (χ2n) is 2.75. The Kier molecular flexibility index (Phi) is 6.19. The van der Waals surface area contributed by atoms with Crippen molar-refractivity contribution in [3.8, 4) is 0 Å². The monoisotopic (exact) mass is 203 g/mol. The van der Waals surface area contributed by atoms with Gasteiger partial charge in [-0.1, -0.05) is 6.58 Å². The molecular formula is C9H17NO4. The van der Waals surface area contributed by atoms with Crippen LogP contribution in [-0.2, 0) is 14.3 Å². The molecule has 0 atom stereocenters. The average molecular weight is 203 g/mol. The van der Waals surface area contributed by atoms with E-state index in [4.69, 9.17) is 4.74 Å². The molecule has 0 radical (unpaired) electrons. The van der Waals surface area contributed by atoms with Gasteiger partial charge >= 0.3 is 12.1 Å². The van der Waals surface area contributed by atoms with Crippen LogP contribution in [0, 0.1) is 0 Å². The van der Waals surface area contributed by atoms with Crippen LogP contribution in [0.2, 0.25) is 0 Å². The van der Waals surface area contributed by atoms with Crippen LogP contribution in [0.5, 0.6) is 0 Å². The van der Waals surface area contributed by atoms with Gasteiger partial charge in [0.1, 0.15) is 6.61 Å². The molecule has 14 heavy (non-hydrogen) atoms. The Balaban J connectivity index is 0. The standard InChI is InChI=1S/C9H15NO4.H2/c1-4-8(11)13-6-5-10-9(12)14-7(2)3;/h4,7H,1,5-6H2,2-3H3,(H,10,12);1H. The number of nitrogens with one attached hydrogen (secondary N) is 1. The molecule has 0 aliphatic carbocycles. The zero-order valence-electron chi connectivity index (χ0n) is 8.41. The molecule has 0 rings (SSSR count). The third-order valence-electron chi connectivity index (χ3n) is 1.13. The first-order valence-corrected chi connectivity index (χ1v) is 4.30. The normalized spacial score (nSPS) is 9.36. The molecule has 1 N–H and O–H groups in total. The van der Waals surface area contributed by atoms with Gasteiger partial charge in [-0.05, 0) is 13.8 Å². The minimum Gasteiger partial charge on any atom is -0.461 e. The lowest BCUT2D eigenvalue weighted by molar-refractivity contribution is -0.137. The Morgan fingerprint density at radius 2 is 2.21 bits per heavy atom. The zero-order chi connectivity index (χ0) is 11.0. The Morgan fingerprint density at radius 1 is 1.57 bits per heavy atom. The SMILES string of the molecule is C=CC(=O)OCCNC(=O)OC(C)C.[HH]. The number of hydrogen-bond donors (Lipinski definition) is 1. The average Bonchev–Trinajstić information content (AvgIpc) is 2.10. The lowest BCUT2D eigenvalue weighted by atomic mass is 10.5. The summed E-state index contributed by atoms with van der Waals surface area (Å²) in [7, 11) is 0. The third-order valence-corrected chi connectivity index (χ3v) is 1.13. The number of ether oxygens (including phenoxy) is 2. The van der Waals surface area contributed by atoms with Gasteiger partial charge < -0.3 is 14.8 Å². The summed E-state index contributed by atoms with van der Waals surface area (Å²) in [4.78, 5) is 21.4. The molecule has 82 valence electrons. The molecule has 0 unspecified atom stereocenters. The fraction of sp³-hybridized carbons (Fsp3) is 0.556. The Bertz CT molecular complexity index is 218.